The number of hydrogen-bond donors (Lipinski definition) is 1. The van der Waals surface area contributed by atoms with Gasteiger partial charge >= 0.3 is 0 Å². The summed E-state index contributed by atoms with van der Waals surface area (Å²) in [5.41, 5.74) is 3.97. The number of aryl methyl sites for hydroxylation is 2. The normalized spacial score (nSPS) is 10.6. The van der Waals surface area contributed by atoms with Gasteiger partial charge in [-0.15, -0.1) is 0 Å². The lowest BCUT2D eigenvalue weighted by molar-refractivity contribution is 0.102. The van der Waals surface area contributed by atoms with Crippen LogP contribution < -0.4 is 10.1 Å². The highest BCUT2D eigenvalue weighted by Crippen LogP contribution is 2.26. The first-order valence-electron chi connectivity index (χ1n) is 9.50. The number of carbonyl (C=O) groups excluding carboxylic acids is 1. The number of rotatable bonds is 6. The number of ether oxygens (including phenoxy) is 1. The van der Waals surface area contributed by atoms with Crippen molar-refractivity contribution in [3.8, 4) is 11.6 Å². The monoisotopic (exact) mass is 399 g/mol. The molecule has 0 unspecified atom stereocenters. The Kier molecular flexibility index (Phi) is 5.52. The van der Waals surface area contributed by atoms with E-state index in [0.717, 1.165) is 22.4 Å². The maximum absolute atomic E-state index is 12.7. The van der Waals surface area contributed by atoms with Gasteiger partial charge in [-0.05, 0) is 61.4 Å². The van der Waals surface area contributed by atoms with E-state index in [4.69, 9.17) is 4.74 Å². The van der Waals surface area contributed by atoms with Crippen molar-refractivity contribution in [3.05, 3.63) is 95.7 Å². The number of amides is 1. The number of hydrogen-bond acceptors (Lipinski definition) is 5. The van der Waals surface area contributed by atoms with E-state index in [2.05, 4.69) is 20.4 Å². The van der Waals surface area contributed by atoms with Crippen LogP contribution in [0.15, 0.2) is 73.4 Å². The summed E-state index contributed by atoms with van der Waals surface area (Å²) < 4.78 is 7.62. The average molecular weight is 399 g/mol. The Morgan fingerprint density at radius 1 is 1.07 bits per heavy atom. The van der Waals surface area contributed by atoms with E-state index < -0.39 is 0 Å². The number of anilines is 1. The molecule has 0 aliphatic carbocycles. The van der Waals surface area contributed by atoms with Gasteiger partial charge in [0.25, 0.3) is 5.91 Å². The topological polar surface area (TPSA) is 81.9 Å². The molecule has 7 heteroatoms. The molecule has 0 saturated carbocycles. The Morgan fingerprint density at radius 3 is 2.53 bits per heavy atom. The average Bonchev–Trinajstić information content (AvgIpc) is 3.29. The van der Waals surface area contributed by atoms with E-state index in [1.165, 1.54) is 0 Å². The fourth-order valence-corrected chi connectivity index (χ4v) is 3.15. The number of nitrogens with zero attached hydrogens (tertiary/aromatic N) is 4. The second-order valence-electron chi connectivity index (χ2n) is 6.90. The van der Waals surface area contributed by atoms with Crippen molar-refractivity contribution in [2.75, 3.05) is 5.32 Å². The summed E-state index contributed by atoms with van der Waals surface area (Å²) in [4.78, 5) is 21.1. The predicted octanol–water partition coefficient (Wildman–Crippen LogP) is 4.11. The minimum atomic E-state index is -0.200. The zero-order valence-corrected chi connectivity index (χ0v) is 16.7. The number of benzene rings is 1. The van der Waals surface area contributed by atoms with E-state index in [1.807, 2.05) is 50.4 Å². The molecule has 0 aliphatic heterocycles. The summed E-state index contributed by atoms with van der Waals surface area (Å²) in [5.74, 6) is 1.26. The highest BCUT2D eigenvalue weighted by molar-refractivity contribution is 6.04. The van der Waals surface area contributed by atoms with Crippen LogP contribution in [0.2, 0.25) is 0 Å². The van der Waals surface area contributed by atoms with Crippen LogP contribution in [0.3, 0.4) is 0 Å². The Hall–Kier alpha value is -4.00. The van der Waals surface area contributed by atoms with Gasteiger partial charge < -0.3 is 10.1 Å². The number of aromatic nitrogens is 4. The third kappa shape index (κ3) is 4.35. The highest BCUT2D eigenvalue weighted by atomic mass is 16.5. The molecule has 3 aromatic heterocycles. The van der Waals surface area contributed by atoms with Crippen molar-refractivity contribution < 1.29 is 9.53 Å². The van der Waals surface area contributed by atoms with Crippen molar-refractivity contribution in [1.29, 1.82) is 0 Å². The van der Waals surface area contributed by atoms with E-state index in [9.17, 15) is 4.79 Å². The first kappa shape index (κ1) is 19.3. The maximum Gasteiger partial charge on any atom is 0.255 e. The molecule has 0 spiro atoms. The van der Waals surface area contributed by atoms with E-state index in [1.54, 1.807) is 41.6 Å². The SMILES string of the molecule is Cc1cc(C(=O)Nc2ccc(-n3cccn3)nc2)cc(C)c1OCc1cccnc1. The zero-order valence-electron chi connectivity index (χ0n) is 16.7. The van der Waals surface area contributed by atoms with E-state index in [-0.39, 0.29) is 5.91 Å². The van der Waals surface area contributed by atoms with Crippen molar-refractivity contribution in [2.24, 2.45) is 0 Å². The number of pyridine rings is 2. The Labute approximate surface area is 174 Å². The molecule has 1 aromatic carbocycles. The van der Waals surface area contributed by atoms with Crippen molar-refractivity contribution in [2.45, 2.75) is 20.5 Å². The fourth-order valence-electron chi connectivity index (χ4n) is 3.15. The Balaban J connectivity index is 1.45. The van der Waals surface area contributed by atoms with Crippen LogP contribution in [0.5, 0.6) is 5.75 Å². The molecule has 7 nitrogen and oxygen atoms in total. The third-order valence-electron chi connectivity index (χ3n) is 4.57. The molecular weight excluding hydrogens is 378 g/mol. The van der Waals surface area contributed by atoms with Gasteiger partial charge in [-0.25, -0.2) is 9.67 Å². The molecule has 1 N–H and O–H groups in total. The van der Waals surface area contributed by atoms with Crippen LogP contribution in [-0.2, 0) is 6.61 Å². The lowest BCUT2D eigenvalue weighted by Gasteiger charge is -2.14. The minimum absolute atomic E-state index is 0.200. The van der Waals surface area contributed by atoms with Crippen LogP contribution in [0.1, 0.15) is 27.0 Å². The summed E-state index contributed by atoms with van der Waals surface area (Å²) in [6, 6.07) is 12.9. The number of carbonyl (C=O) groups is 1. The molecule has 4 rings (SSSR count). The molecule has 3 heterocycles. The molecule has 0 bridgehead atoms. The van der Waals surface area contributed by atoms with Gasteiger partial charge in [0, 0.05) is 35.9 Å². The molecule has 0 fully saturated rings. The molecule has 150 valence electrons. The molecule has 30 heavy (non-hydrogen) atoms. The minimum Gasteiger partial charge on any atom is -0.488 e. The summed E-state index contributed by atoms with van der Waals surface area (Å²) in [5, 5.41) is 7.02. The van der Waals surface area contributed by atoms with Gasteiger partial charge in [-0.3, -0.25) is 9.78 Å². The van der Waals surface area contributed by atoms with Crippen LogP contribution >= 0.6 is 0 Å². The summed E-state index contributed by atoms with van der Waals surface area (Å²) >= 11 is 0. The van der Waals surface area contributed by atoms with Crippen molar-refractivity contribution >= 4 is 11.6 Å². The largest absolute Gasteiger partial charge is 0.488 e. The van der Waals surface area contributed by atoms with Gasteiger partial charge in [0.05, 0.1) is 11.9 Å². The van der Waals surface area contributed by atoms with Gasteiger partial charge in [-0.1, -0.05) is 6.07 Å². The van der Waals surface area contributed by atoms with Crippen LogP contribution in [0.4, 0.5) is 5.69 Å². The molecule has 0 radical (unpaired) electrons. The van der Waals surface area contributed by atoms with Gasteiger partial charge in [-0.2, -0.15) is 5.10 Å². The standard InChI is InChI=1S/C23H21N5O2/c1-16-11-19(12-17(2)22(16)30-15-18-5-3-8-24-13-18)23(29)27-20-6-7-21(25-14-20)28-10-4-9-26-28/h3-14H,15H2,1-2H3,(H,27,29). The van der Waals surface area contributed by atoms with Crippen LogP contribution in [0.25, 0.3) is 5.82 Å². The highest BCUT2D eigenvalue weighted by Gasteiger charge is 2.13. The lowest BCUT2D eigenvalue weighted by Crippen LogP contribution is -2.13. The van der Waals surface area contributed by atoms with E-state index in [0.29, 0.717) is 23.7 Å². The summed E-state index contributed by atoms with van der Waals surface area (Å²) in [6.45, 7) is 4.29. The zero-order chi connectivity index (χ0) is 20.9. The third-order valence-corrected chi connectivity index (χ3v) is 4.57. The molecule has 0 aliphatic rings. The molecule has 0 atom stereocenters. The quantitative estimate of drug-likeness (QED) is 0.528. The van der Waals surface area contributed by atoms with Gasteiger partial charge in [0.2, 0.25) is 0 Å². The van der Waals surface area contributed by atoms with Gasteiger partial charge in [0.1, 0.15) is 12.4 Å². The lowest BCUT2D eigenvalue weighted by atomic mass is 10.0. The molecule has 0 saturated heterocycles. The fraction of sp³-hybridized carbons (Fsp3) is 0.130. The molecule has 4 aromatic rings. The van der Waals surface area contributed by atoms with Crippen LogP contribution in [-0.4, -0.2) is 25.7 Å². The summed E-state index contributed by atoms with van der Waals surface area (Å²) in [6.07, 6.45) is 8.61. The first-order chi connectivity index (χ1) is 14.6. The molecule has 1 amide bonds. The second-order valence-corrected chi connectivity index (χ2v) is 6.90. The first-order valence-corrected chi connectivity index (χ1v) is 9.50. The van der Waals surface area contributed by atoms with Crippen molar-refractivity contribution in [1.82, 2.24) is 19.7 Å². The smallest absolute Gasteiger partial charge is 0.255 e. The Bertz CT molecular complexity index is 1120. The van der Waals surface area contributed by atoms with Gasteiger partial charge in [0.15, 0.2) is 5.82 Å². The second kappa shape index (κ2) is 8.57. The predicted molar refractivity (Wildman–Crippen MR) is 114 cm³/mol. The van der Waals surface area contributed by atoms with Crippen LogP contribution in [0, 0.1) is 13.8 Å². The Morgan fingerprint density at radius 2 is 1.90 bits per heavy atom. The summed E-state index contributed by atoms with van der Waals surface area (Å²) in [7, 11) is 0. The van der Waals surface area contributed by atoms with Crippen molar-refractivity contribution in [3.63, 3.8) is 0 Å². The number of nitrogens with one attached hydrogen (secondary N) is 1. The maximum atomic E-state index is 12.7. The molecular formula is C23H21N5O2. The van der Waals surface area contributed by atoms with E-state index >= 15 is 0 Å².